The van der Waals surface area contributed by atoms with Crippen LogP contribution in [0.3, 0.4) is 0 Å². The van der Waals surface area contributed by atoms with Crippen LogP contribution in [-0.4, -0.2) is 98.0 Å². The third kappa shape index (κ3) is 11.9. The molecule has 0 aliphatic carbocycles. The Bertz CT molecular complexity index is 1590. The number of ketones is 1. The first-order valence-corrected chi connectivity index (χ1v) is 18.3. The van der Waals surface area contributed by atoms with Gasteiger partial charge in [-0.25, -0.2) is 9.78 Å². The molecular weight excluding hydrogens is 682 g/mol. The van der Waals surface area contributed by atoms with E-state index in [0.29, 0.717) is 24.8 Å². The summed E-state index contributed by atoms with van der Waals surface area (Å²) in [5.74, 6) is -6.37. The van der Waals surface area contributed by atoms with Gasteiger partial charge in [-0.2, -0.15) is 0 Å². The number of carboxylic acid groups (broad SMARTS) is 1. The van der Waals surface area contributed by atoms with Gasteiger partial charge in [0.15, 0.2) is 0 Å². The number of hydrogen-bond acceptors (Lipinski definition) is 9. The van der Waals surface area contributed by atoms with E-state index in [0.717, 1.165) is 0 Å². The minimum atomic E-state index is -1.37. The second-order valence-corrected chi connectivity index (χ2v) is 14.2. The van der Waals surface area contributed by atoms with Gasteiger partial charge in [-0.15, -0.1) is 0 Å². The van der Waals surface area contributed by atoms with E-state index in [1.165, 1.54) is 23.5 Å². The monoisotopic (exact) mass is 735 g/mol. The largest absolute Gasteiger partial charge is 0.480 e. The van der Waals surface area contributed by atoms with Crippen LogP contribution in [0.25, 0.3) is 0 Å². The van der Waals surface area contributed by atoms with Crippen molar-refractivity contribution in [2.24, 2.45) is 17.8 Å². The predicted octanol–water partition coefficient (Wildman–Crippen LogP) is 2.06. The molecule has 1 aromatic carbocycles. The quantitative estimate of drug-likeness (QED) is 0.132. The molecule has 3 rings (SSSR count). The lowest BCUT2D eigenvalue weighted by atomic mass is 9.94. The summed E-state index contributed by atoms with van der Waals surface area (Å²) in [6.45, 7) is 11.2. The third-order valence-corrected chi connectivity index (χ3v) is 9.27. The van der Waals surface area contributed by atoms with Gasteiger partial charge in [0.25, 0.3) is 11.8 Å². The molecule has 2 aromatic rings. The Morgan fingerprint density at radius 3 is 2.15 bits per heavy atom. The maximum absolute atomic E-state index is 14.2. The number of aromatic nitrogens is 2. The van der Waals surface area contributed by atoms with Gasteiger partial charge in [-0.3, -0.25) is 33.8 Å². The summed E-state index contributed by atoms with van der Waals surface area (Å²) in [4.78, 5) is 103. The number of likely N-dealkylation sites (tertiary alicyclic amines) is 1. The van der Waals surface area contributed by atoms with Crippen molar-refractivity contribution in [3.05, 3.63) is 60.2 Å². The molecule has 0 bridgehead atoms. The molecule has 5 amide bonds. The molecule has 5 N–H and O–H groups in total. The van der Waals surface area contributed by atoms with E-state index in [2.05, 4.69) is 31.2 Å². The summed E-state index contributed by atoms with van der Waals surface area (Å²) >= 11 is 0. The van der Waals surface area contributed by atoms with E-state index in [9.17, 15) is 38.7 Å². The lowest BCUT2D eigenvalue weighted by Crippen LogP contribution is -2.60. The molecule has 53 heavy (non-hydrogen) atoms. The number of carboxylic acids is 1. The van der Waals surface area contributed by atoms with Crippen molar-refractivity contribution in [1.29, 1.82) is 0 Å². The molecule has 15 nitrogen and oxygen atoms in total. The van der Waals surface area contributed by atoms with Crippen LogP contribution in [0.5, 0.6) is 0 Å². The number of hydrogen-bond donors (Lipinski definition) is 5. The second-order valence-electron chi connectivity index (χ2n) is 14.2. The van der Waals surface area contributed by atoms with Crippen LogP contribution in [0.15, 0.2) is 48.9 Å². The van der Waals surface area contributed by atoms with Gasteiger partial charge < -0.3 is 31.3 Å². The summed E-state index contributed by atoms with van der Waals surface area (Å²) in [5.41, 5.74) is 0.689. The molecule has 0 radical (unpaired) electrons. The van der Waals surface area contributed by atoms with Crippen molar-refractivity contribution in [3.63, 3.8) is 0 Å². The van der Waals surface area contributed by atoms with Gasteiger partial charge in [-0.05, 0) is 42.6 Å². The van der Waals surface area contributed by atoms with Crippen molar-refractivity contribution in [2.75, 3.05) is 6.54 Å². The number of carbonyl (C=O) groups excluding carboxylic acids is 6. The molecule has 1 aromatic heterocycles. The number of amides is 5. The SMILES string of the molecule is CCCC(NC(=O)[C@@H]1[C@@H](CC)CCN1C(=O)[C@@H](NC(=O)[C@H](CC(C)C)NC(=O)c1cnccn1)C(C)C)C(=O)C(=O)N[C@@H](Cc1ccccc1)C(=O)O. The van der Waals surface area contributed by atoms with E-state index >= 15 is 0 Å². The first-order valence-electron chi connectivity index (χ1n) is 18.3. The van der Waals surface area contributed by atoms with Crippen molar-refractivity contribution in [3.8, 4) is 0 Å². The first-order chi connectivity index (χ1) is 25.2. The van der Waals surface area contributed by atoms with Gasteiger partial charge in [0.1, 0.15) is 29.9 Å². The Hall–Kier alpha value is -5.21. The fourth-order valence-corrected chi connectivity index (χ4v) is 6.44. The van der Waals surface area contributed by atoms with E-state index < -0.39 is 77.4 Å². The molecule has 0 saturated carbocycles. The molecule has 1 unspecified atom stereocenters. The number of nitrogens with zero attached hydrogens (tertiary/aromatic N) is 3. The first kappa shape index (κ1) is 42.2. The van der Waals surface area contributed by atoms with Crippen LogP contribution >= 0.6 is 0 Å². The zero-order chi connectivity index (χ0) is 39.2. The minimum absolute atomic E-state index is 0.0119. The summed E-state index contributed by atoms with van der Waals surface area (Å²) in [5, 5.41) is 20.3. The van der Waals surface area contributed by atoms with Crippen LogP contribution < -0.4 is 21.3 Å². The Kier molecular flexibility index (Phi) is 16.0. The normalized spacial score (nSPS) is 17.7. The van der Waals surface area contributed by atoms with Gasteiger partial charge in [-0.1, -0.05) is 84.7 Å². The van der Waals surface area contributed by atoms with Crippen LogP contribution in [0.2, 0.25) is 0 Å². The van der Waals surface area contributed by atoms with Crippen molar-refractivity contribution in [2.45, 2.75) is 110 Å². The molecule has 288 valence electrons. The zero-order valence-corrected chi connectivity index (χ0v) is 31.3. The van der Waals surface area contributed by atoms with Crippen molar-refractivity contribution < 1.29 is 38.7 Å². The van der Waals surface area contributed by atoms with Crippen LogP contribution in [0, 0.1) is 17.8 Å². The van der Waals surface area contributed by atoms with Crippen LogP contribution in [0.4, 0.5) is 0 Å². The van der Waals surface area contributed by atoms with Crippen molar-refractivity contribution >= 4 is 41.3 Å². The highest BCUT2D eigenvalue weighted by Gasteiger charge is 2.45. The van der Waals surface area contributed by atoms with Crippen molar-refractivity contribution in [1.82, 2.24) is 36.1 Å². The Morgan fingerprint density at radius 1 is 0.887 bits per heavy atom. The standard InChI is InChI=1S/C38H53N7O8/c1-7-12-26(32(46)36(50)43-28(38(52)53)20-24-13-10-9-11-14-24)41-35(49)31-25(8-2)15-18-45(31)37(51)30(23(5)6)44-33(47)27(19-22(3)4)42-34(48)29-21-39-16-17-40-29/h9-11,13-14,16-17,21-23,25-28,30-31H,7-8,12,15,18-20H2,1-6H3,(H,41,49)(H,42,48)(H,43,50)(H,44,47)(H,52,53)/t25-,26?,27-,28-,30-,31-/m0/s1. The fourth-order valence-electron chi connectivity index (χ4n) is 6.44. The molecule has 2 heterocycles. The molecule has 0 spiro atoms. The lowest BCUT2D eigenvalue weighted by molar-refractivity contribution is -0.146. The minimum Gasteiger partial charge on any atom is -0.480 e. The zero-order valence-electron chi connectivity index (χ0n) is 31.3. The van der Waals surface area contributed by atoms with E-state index in [4.69, 9.17) is 0 Å². The maximum atomic E-state index is 14.2. The van der Waals surface area contributed by atoms with E-state index in [1.807, 2.05) is 20.8 Å². The molecule has 1 aliphatic rings. The Balaban J connectivity index is 1.78. The van der Waals surface area contributed by atoms with E-state index in [-0.39, 0.29) is 43.3 Å². The smallest absolute Gasteiger partial charge is 0.326 e. The number of Topliss-reactive ketones (excluding diaryl/α,β-unsaturated/α-hetero) is 1. The number of benzene rings is 1. The van der Waals surface area contributed by atoms with Crippen LogP contribution in [0.1, 0.15) is 89.7 Å². The number of nitrogens with one attached hydrogen (secondary N) is 4. The second kappa shape index (κ2) is 20.1. The average Bonchev–Trinajstić information content (AvgIpc) is 3.57. The molecular formula is C38H53N7O8. The average molecular weight is 736 g/mol. The summed E-state index contributed by atoms with van der Waals surface area (Å²) < 4.78 is 0. The molecule has 1 saturated heterocycles. The highest BCUT2D eigenvalue weighted by atomic mass is 16.4. The molecule has 1 aliphatic heterocycles. The molecule has 1 fully saturated rings. The third-order valence-electron chi connectivity index (χ3n) is 9.27. The number of rotatable bonds is 19. The van der Waals surface area contributed by atoms with Gasteiger partial charge in [0.05, 0.1) is 12.2 Å². The highest BCUT2D eigenvalue weighted by Crippen LogP contribution is 2.29. The van der Waals surface area contributed by atoms with E-state index in [1.54, 1.807) is 51.1 Å². The topological polar surface area (TPSA) is 217 Å². The van der Waals surface area contributed by atoms with Gasteiger partial charge in [0.2, 0.25) is 23.5 Å². The maximum Gasteiger partial charge on any atom is 0.326 e. The Labute approximate surface area is 310 Å². The summed E-state index contributed by atoms with van der Waals surface area (Å²) in [6, 6.07) is 3.00. The van der Waals surface area contributed by atoms with Crippen LogP contribution in [-0.2, 0) is 35.2 Å². The lowest BCUT2D eigenvalue weighted by Gasteiger charge is -2.33. The number of aliphatic carboxylic acids is 1. The highest BCUT2D eigenvalue weighted by molar-refractivity contribution is 6.38. The van der Waals surface area contributed by atoms with Gasteiger partial charge in [0, 0.05) is 25.4 Å². The summed E-state index contributed by atoms with van der Waals surface area (Å²) in [7, 11) is 0. The summed E-state index contributed by atoms with van der Waals surface area (Å²) in [6.07, 6.45) is 5.87. The fraction of sp³-hybridized carbons (Fsp3) is 0.553. The molecule has 6 atom stereocenters. The number of carbonyl (C=O) groups is 7. The predicted molar refractivity (Wildman–Crippen MR) is 195 cm³/mol. The van der Waals surface area contributed by atoms with Gasteiger partial charge >= 0.3 is 5.97 Å². The molecule has 15 heteroatoms. The Morgan fingerprint density at radius 2 is 1.58 bits per heavy atom.